The van der Waals surface area contributed by atoms with Crippen molar-refractivity contribution in [3.63, 3.8) is 0 Å². The number of esters is 2. The molecule has 0 bridgehead atoms. The molecule has 0 saturated carbocycles. The first-order valence-corrected chi connectivity index (χ1v) is 23.8. The molecule has 5 nitrogen and oxygen atoms in total. The van der Waals surface area contributed by atoms with Gasteiger partial charge in [0.1, 0.15) is 0 Å². The monoisotopic (exact) mass is 681 g/mol. The predicted octanol–water partition coefficient (Wildman–Crippen LogP) is 8.21. The van der Waals surface area contributed by atoms with Crippen LogP contribution in [-0.4, -0.2) is 36.6 Å². The van der Waals surface area contributed by atoms with Crippen LogP contribution >= 0.6 is 37.1 Å². The van der Waals surface area contributed by atoms with E-state index in [1.54, 1.807) is 0 Å². The van der Waals surface area contributed by atoms with Crippen LogP contribution in [0.25, 0.3) is 0 Å². The number of hydrogen-bond donors (Lipinski definition) is 0. The van der Waals surface area contributed by atoms with Crippen LogP contribution in [0.2, 0.25) is 0 Å². The molecule has 0 heterocycles. The van der Waals surface area contributed by atoms with Gasteiger partial charge in [-0.15, -0.1) is 0 Å². The number of hydrogen-bond acceptors (Lipinski definition) is 5. The third kappa shape index (κ3) is 6.71. The molecule has 0 aromatic heterocycles. The Morgan fingerprint density at radius 1 is 0.700 bits per heavy atom. The second kappa shape index (κ2) is 13.8. The zero-order valence-corrected chi connectivity index (χ0v) is 28.6. The summed E-state index contributed by atoms with van der Waals surface area (Å²) in [5, 5.41) is 1.34. The summed E-state index contributed by atoms with van der Waals surface area (Å²) in [6.45, 7) is 8.38. The maximum atomic E-state index is 14.0. The Hall–Kier alpha value is -2.02. The van der Waals surface area contributed by atoms with Crippen molar-refractivity contribution in [2.24, 2.45) is 4.74 Å². The number of benzene rings is 3. The fraction of sp³-hybridized carbons (Fsp3) is 0.267. The molecule has 3 rings (SSSR count). The Balaban J connectivity index is 2.85. The molecule has 0 saturated heterocycles. The standard InChI is InChI=1S/C30H33Cl3GeNO4P/c1-20(2)24-18-13-19-25(21(3)4)27(24)35-40(22-14-9-7-10-15-22,23-16-11-8-12-17-23)28(30(37)39-6)26(29(36)38-5)34(31,32)33/h7-21H,1-6H3/b28-26+. The van der Waals surface area contributed by atoms with Gasteiger partial charge in [0.25, 0.3) is 0 Å². The zero-order valence-electron chi connectivity index (χ0n) is 23.3. The van der Waals surface area contributed by atoms with Crippen LogP contribution in [0, 0.1) is 0 Å². The molecular weight excluding hydrogens is 648 g/mol. The van der Waals surface area contributed by atoms with E-state index in [2.05, 4.69) is 27.7 Å². The Morgan fingerprint density at radius 3 is 1.48 bits per heavy atom. The van der Waals surface area contributed by atoms with Gasteiger partial charge in [-0.25, -0.2) is 0 Å². The van der Waals surface area contributed by atoms with Gasteiger partial charge in [-0.3, -0.25) is 0 Å². The first-order chi connectivity index (χ1) is 18.9. The first kappa shape index (κ1) is 32.5. The van der Waals surface area contributed by atoms with Crippen molar-refractivity contribution >= 4 is 75.8 Å². The van der Waals surface area contributed by atoms with Crippen LogP contribution in [0.5, 0.6) is 0 Å². The summed E-state index contributed by atoms with van der Waals surface area (Å²) in [5.41, 5.74) is 2.75. The van der Waals surface area contributed by atoms with Gasteiger partial charge < -0.3 is 0 Å². The Morgan fingerprint density at radius 2 is 1.12 bits per heavy atom. The molecule has 212 valence electrons. The summed E-state index contributed by atoms with van der Waals surface area (Å²) in [7, 11) is 14.2. The van der Waals surface area contributed by atoms with Gasteiger partial charge >= 0.3 is 253 Å². The van der Waals surface area contributed by atoms with Gasteiger partial charge in [0.2, 0.25) is 0 Å². The molecule has 0 aliphatic rings. The normalized spacial score (nSPS) is 12.7. The molecule has 0 fully saturated rings. The van der Waals surface area contributed by atoms with Crippen molar-refractivity contribution in [2.75, 3.05) is 14.2 Å². The molecule has 10 heteroatoms. The topological polar surface area (TPSA) is 65.0 Å². The summed E-state index contributed by atoms with van der Waals surface area (Å²) >= 11 is 0. The third-order valence-electron chi connectivity index (χ3n) is 6.46. The number of rotatable bonds is 9. The van der Waals surface area contributed by atoms with E-state index >= 15 is 0 Å². The van der Waals surface area contributed by atoms with Crippen molar-refractivity contribution in [1.82, 2.24) is 0 Å². The average molecular weight is 682 g/mol. The fourth-order valence-electron chi connectivity index (χ4n) is 4.58. The number of methoxy groups -OCH3 is 2. The molecule has 0 aliphatic heterocycles. The number of halogens is 3. The molecule has 0 atom stereocenters. The van der Waals surface area contributed by atoms with Crippen LogP contribution in [0.4, 0.5) is 5.69 Å². The van der Waals surface area contributed by atoms with E-state index in [9.17, 15) is 9.59 Å². The van der Waals surface area contributed by atoms with Crippen molar-refractivity contribution in [3.05, 3.63) is 99.7 Å². The predicted molar refractivity (Wildman–Crippen MR) is 170 cm³/mol. The second-order valence-corrected chi connectivity index (χ2v) is 27.6. The van der Waals surface area contributed by atoms with Crippen molar-refractivity contribution in [3.8, 4) is 0 Å². The van der Waals surface area contributed by atoms with Crippen LogP contribution in [0.1, 0.15) is 50.7 Å². The molecule has 0 aliphatic carbocycles. The van der Waals surface area contributed by atoms with E-state index in [0.717, 1.165) is 16.8 Å². The molecule has 40 heavy (non-hydrogen) atoms. The Bertz CT molecular complexity index is 1380. The van der Waals surface area contributed by atoms with Gasteiger partial charge in [-0.1, -0.05) is 0 Å². The summed E-state index contributed by atoms with van der Waals surface area (Å²) < 4.78 is 15.8. The van der Waals surface area contributed by atoms with E-state index in [1.807, 2.05) is 78.9 Å². The summed E-state index contributed by atoms with van der Waals surface area (Å²) in [4.78, 5) is 27.4. The molecule has 3 aromatic carbocycles. The van der Waals surface area contributed by atoms with Crippen molar-refractivity contribution in [2.45, 2.75) is 39.5 Å². The van der Waals surface area contributed by atoms with Crippen LogP contribution in [-0.2, 0) is 19.1 Å². The molecular formula is C30H33Cl3GeNO4P. The molecule has 0 radical (unpaired) electrons. The number of ether oxygens (including phenoxy) is 2. The van der Waals surface area contributed by atoms with Gasteiger partial charge in [0, 0.05) is 0 Å². The number of carbonyl (C=O) groups excluding carboxylic acids is 2. The van der Waals surface area contributed by atoms with Gasteiger partial charge in [-0.05, 0) is 0 Å². The van der Waals surface area contributed by atoms with Crippen LogP contribution in [0.15, 0.2) is 93.3 Å². The van der Waals surface area contributed by atoms with E-state index in [-0.39, 0.29) is 21.6 Å². The minimum absolute atomic E-state index is 0.0625. The molecule has 0 N–H and O–H groups in total. The van der Waals surface area contributed by atoms with Gasteiger partial charge in [0.05, 0.1) is 0 Å². The minimum atomic E-state index is -4.70. The van der Waals surface area contributed by atoms with E-state index in [0.29, 0.717) is 10.6 Å². The summed E-state index contributed by atoms with van der Waals surface area (Å²) in [6, 6.07) is 24.9. The van der Waals surface area contributed by atoms with Crippen LogP contribution < -0.4 is 10.6 Å². The summed E-state index contributed by atoms with van der Waals surface area (Å²) in [5.74, 6) is -1.45. The first-order valence-electron chi connectivity index (χ1n) is 12.7. The van der Waals surface area contributed by atoms with E-state index < -0.39 is 29.5 Å². The molecule has 0 amide bonds. The number of nitrogens with zero attached hydrogens (tertiary/aromatic N) is 1. The molecule has 3 aromatic rings. The van der Waals surface area contributed by atoms with Gasteiger partial charge in [0.15, 0.2) is 0 Å². The molecule has 0 unspecified atom stereocenters. The van der Waals surface area contributed by atoms with E-state index in [4.69, 9.17) is 44.2 Å². The maximum absolute atomic E-state index is 14.0. The Labute approximate surface area is 251 Å². The quantitative estimate of drug-likeness (QED) is 0.0989. The Kier molecular flexibility index (Phi) is 11.2. The average Bonchev–Trinajstić information content (AvgIpc) is 2.94. The fourth-order valence-corrected chi connectivity index (χ4v) is 15.3. The SMILES string of the molecule is COC(=O)/C(=[C](/C(=O)OC)[Ge]([Cl])([Cl])[Cl])P(=Nc1c(C(C)C)cccc1C(C)C)(c1ccccc1)c1ccccc1. The zero-order chi connectivity index (χ0) is 29.7. The third-order valence-corrected chi connectivity index (χ3v) is 15.6. The second-order valence-electron chi connectivity index (χ2n) is 9.71. The van der Waals surface area contributed by atoms with Gasteiger partial charge in [-0.2, -0.15) is 0 Å². The number of carbonyl (C=O) groups is 2. The van der Waals surface area contributed by atoms with Crippen LogP contribution in [0.3, 0.4) is 0 Å². The van der Waals surface area contributed by atoms with E-state index in [1.165, 1.54) is 14.2 Å². The van der Waals surface area contributed by atoms with Crippen molar-refractivity contribution in [1.29, 1.82) is 0 Å². The summed E-state index contributed by atoms with van der Waals surface area (Å²) in [6.07, 6.45) is 0. The molecule has 0 spiro atoms. The van der Waals surface area contributed by atoms with Crippen molar-refractivity contribution < 1.29 is 19.1 Å².